The van der Waals surface area contributed by atoms with E-state index in [0.29, 0.717) is 37.5 Å². The molecule has 1 fully saturated rings. The van der Waals surface area contributed by atoms with Crippen molar-refractivity contribution in [3.8, 4) is 5.75 Å². The summed E-state index contributed by atoms with van der Waals surface area (Å²) in [5, 5.41) is 0. The van der Waals surface area contributed by atoms with Gasteiger partial charge in [0.2, 0.25) is 5.91 Å². The zero-order chi connectivity index (χ0) is 23.0. The lowest BCUT2D eigenvalue weighted by Gasteiger charge is -2.32. The van der Waals surface area contributed by atoms with Crippen LogP contribution >= 0.6 is 0 Å². The van der Waals surface area contributed by atoms with Crippen LogP contribution in [0.5, 0.6) is 5.75 Å². The van der Waals surface area contributed by atoms with E-state index >= 15 is 0 Å². The molecule has 5 nitrogen and oxygen atoms in total. The topological polar surface area (TPSA) is 45.7 Å². The fraction of sp³-hybridized carbons (Fsp3) is 0.280. The van der Waals surface area contributed by atoms with Crippen molar-refractivity contribution in [2.45, 2.75) is 37.8 Å². The van der Waals surface area contributed by atoms with Gasteiger partial charge in [-0.25, -0.2) is 0 Å². The molecule has 0 saturated carbocycles. The number of likely N-dealkylation sites (tertiary alicyclic amines) is 1. The molecule has 0 N–H and O–H groups in total. The third kappa shape index (κ3) is 4.43. The fourth-order valence-electron chi connectivity index (χ4n) is 4.51. The smallest absolute Gasteiger partial charge is 0.416 e. The maximum Gasteiger partial charge on any atom is 0.416 e. The molecule has 8 heteroatoms. The highest BCUT2D eigenvalue weighted by atomic mass is 19.4. The van der Waals surface area contributed by atoms with Crippen LogP contribution in [0.3, 0.4) is 0 Å². The zero-order valence-electron chi connectivity index (χ0n) is 17.7. The Morgan fingerprint density at radius 2 is 1.76 bits per heavy atom. The summed E-state index contributed by atoms with van der Waals surface area (Å²) in [5.41, 5.74) is 1.64. The quantitative estimate of drug-likeness (QED) is 0.576. The van der Waals surface area contributed by atoms with Gasteiger partial charge in [0.15, 0.2) is 0 Å². The molecule has 33 heavy (non-hydrogen) atoms. The molecule has 2 atom stereocenters. The van der Waals surface area contributed by atoms with E-state index in [-0.39, 0.29) is 12.0 Å². The number of anilines is 1. The molecular weight excluding hydrogens is 431 g/mol. The van der Waals surface area contributed by atoms with E-state index in [1.807, 2.05) is 41.3 Å². The molecule has 0 aliphatic carbocycles. The first-order valence-electron chi connectivity index (χ1n) is 10.7. The number of hydrogen-bond donors (Lipinski definition) is 0. The van der Waals surface area contributed by atoms with Crippen molar-refractivity contribution in [3.63, 3.8) is 0 Å². The second kappa shape index (κ2) is 8.51. The van der Waals surface area contributed by atoms with Crippen molar-refractivity contribution in [2.24, 2.45) is 0 Å². The summed E-state index contributed by atoms with van der Waals surface area (Å²) in [6.45, 7) is 1.24. The second-order valence-corrected chi connectivity index (χ2v) is 8.37. The predicted octanol–water partition coefficient (Wildman–Crippen LogP) is 4.67. The molecule has 170 valence electrons. The van der Waals surface area contributed by atoms with Crippen molar-refractivity contribution in [3.05, 3.63) is 89.7 Å². The highest BCUT2D eigenvalue weighted by Gasteiger charge is 2.43. The summed E-state index contributed by atoms with van der Waals surface area (Å²) in [7, 11) is 0. The van der Waals surface area contributed by atoms with Gasteiger partial charge in [0.25, 0.3) is 0 Å². The molecule has 1 amide bonds. The van der Waals surface area contributed by atoms with Crippen LogP contribution in [0.2, 0.25) is 0 Å². The average Bonchev–Trinajstić information content (AvgIpc) is 3.20. The van der Waals surface area contributed by atoms with Gasteiger partial charge in [0, 0.05) is 31.9 Å². The van der Waals surface area contributed by atoms with Crippen molar-refractivity contribution >= 4 is 11.6 Å². The van der Waals surface area contributed by atoms with E-state index in [0.717, 1.165) is 23.3 Å². The van der Waals surface area contributed by atoms with Gasteiger partial charge in [-0.3, -0.25) is 14.7 Å². The molecule has 3 aromatic rings. The molecule has 5 rings (SSSR count). The highest BCUT2D eigenvalue weighted by molar-refractivity contribution is 5.99. The van der Waals surface area contributed by atoms with E-state index < -0.39 is 17.8 Å². The third-order valence-corrected chi connectivity index (χ3v) is 6.10. The van der Waals surface area contributed by atoms with Crippen LogP contribution in [-0.2, 0) is 24.1 Å². The Morgan fingerprint density at radius 3 is 2.48 bits per heavy atom. The van der Waals surface area contributed by atoms with E-state index in [1.54, 1.807) is 17.3 Å². The molecule has 2 aromatic carbocycles. The maximum absolute atomic E-state index is 13.8. The standard InChI is InChI=1S/C25H22F3N3O2/c26-25(27,28)19-9-7-17(8-10-19)14-30-16-20-12-22(30)24(32)31(15-18-4-3-11-29-13-18)21-5-1-2-6-23(21)33-20/h1-11,13,20,22H,12,14-16H2/t20-,22-/m0/s1. The number of hydrogen-bond acceptors (Lipinski definition) is 4. The summed E-state index contributed by atoms with van der Waals surface area (Å²) in [6.07, 6.45) is -0.607. The molecule has 1 saturated heterocycles. The van der Waals surface area contributed by atoms with Gasteiger partial charge in [-0.05, 0) is 41.5 Å². The summed E-state index contributed by atoms with van der Waals surface area (Å²) < 4.78 is 45.0. The van der Waals surface area contributed by atoms with Crippen LogP contribution in [0.4, 0.5) is 18.9 Å². The van der Waals surface area contributed by atoms with Gasteiger partial charge in [0.05, 0.1) is 23.8 Å². The Balaban J connectivity index is 1.43. The molecule has 3 heterocycles. The fourth-order valence-corrected chi connectivity index (χ4v) is 4.51. The van der Waals surface area contributed by atoms with Crippen molar-refractivity contribution < 1.29 is 22.7 Å². The lowest BCUT2D eigenvalue weighted by molar-refractivity contribution is -0.137. The number of fused-ring (bicyclic) bond motifs is 3. The van der Waals surface area contributed by atoms with Crippen LogP contribution in [0.1, 0.15) is 23.1 Å². The number of amides is 1. The minimum absolute atomic E-state index is 0.0518. The number of para-hydroxylation sites is 2. The monoisotopic (exact) mass is 453 g/mol. The maximum atomic E-state index is 13.8. The summed E-state index contributed by atoms with van der Waals surface area (Å²) >= 11 is 0. The number of ether oxygens (including phenoxy) is 1. The van der Waals surface area contributed by atoms with Gasteiger partial charge in [-0.1, -0.05) is 30.3 Å². The van der Waals surface area contributed by atoms with Gasteiger partial charge in [-0.2, -0.15) is 13.2 Å². The molecule has 2 aliphatic heterocycles. The van der Waals surface area contributed by atoms with E-state index in [4.69, 9.17) is 4.74 Å². The van der Waals surface area contributed by atoms with Crippen molar-refractivity contribution in [1.82, 2.24) is 9.88 Å². The second-order valence-electron chi connectivity index (χ2n) is 8.37. The SMILES string of the molecule is O=C1[C@@H]2C[C@@H](CN2Cc2ccc(C(F)(F)F)cc2)Oc2ccccc2N1Cc1cccnc1. The number of alkyl halides is 3. The first-order valence-corrected chi connectivity index (χ1v) is 10.7. The minimum Gasteiger partial charge on any atom is -0.487 e. The Kier molecular flexibility index (Phi) is 5.54. The molecule has 0 radical (unpaired) electrons. The number of carbonyl (C=O) groups is 1. The van der Waals surface area contributed by atoms with Crippen molar-refractivity contribution in [2.75, 3.05) is 11.4 Å². The normalized spacial score (nSPS) is 20.7. The minimum atomic E-state index is -4.37. The number of nitrogens with zero attached hydrogens (tertiary/aromatic N) is 3. The number of benzene rings is 2. The Labute approximate surface area is 189 Å². The lowest BCUT2D eigenvalue weighted by Crippen LogP contribution is -2.45. The average molecular weight is 453 g/mol. The predicted molar refractivity (Wildman–Crippen MR) is 117 cm³/mol. The van der Waals surface area contributed by atoms with E-state index in [1.165, 1.54) is 12.1 Å². The molecule has 0 unspecified atom stereocenters. The van der Waals surface area contributed by atoms with E-state index in [9.17, 15) is 18.0 Å². The van der Waals surface area contributed by atoms with Crippen LogP contribution in [0.25, 0.3) is 0 Å². The molecule has 2 aliphatic rings. The largest absolute Gasteiger partial charge is 0.487 e. The highest BCUT2D eigenvalue weighted by Crippen LogP contribution is 2.37. The molecule has 1 aromatic heterocycles. The number of rotatable bonds is 4. The summed E-state index contributed by atoms with van der Waals surface area (Å²) in [4.78, 5) is 21.6. The Hall–Kier alpha value is -3.39. The number of carbonyl (C=O) groups excluding carboxylic acids is 1. The van der Waals surface area contributed by atoms with Gasteiger partial charge >= 0.3 is 6.18 Å². The van der Waals surface area contributed by atoms with Crippen LogP contribution in [0.15, 0.2) is 73.1 Å². The number of halogens is 3. The molecule has 2 bridgehead atoms. The Morgan fingerprint density at radius 1 is 0.970 bits per heavy atom. The van der Waals surface area contributed by atoms with Crippen LogP contribution in [0, 0.1) is 0 Å². The van der Waals surface area contributed by atoms with Gasteiger partial charge in [0.1, 0.15) is 11.9 Å². The van der Waals surface area contributed by atoms with E-state index in [2.05, 4.69) is 4.98 Å². The van der Waals surface area contributed by atoms with Crippen LogP contribution in [-0.4, -0.2) is 34.5 Å². The number of pyridine rings is 1. The van der Waals surface area contributed by atoms with Crippen LogP contribution < -0.4 is 9.64 Å². The molecule has 0 spiro atoms. The Bertz CT molecular complexity index is 1140. The molecular formula is C25H22F3N3O2. The third-order valence-electron chi connectivity index (χ3n) is 6.10. The summed E-state index contributed by atoms with van der Waals surface area (Å²) in [5.74, 6) is 0.596. The van der Waals surface area contributed by atoms with Crippen molar-refractivity contribution in [1.29, 1.82) is 0 Å². The lowest BCUT2D eigenvalue weighted by atomic mass is 10.1. The number of aromatic nitrogens is 1. The summed E-state index contributed by atoms with van der Waals surface area (Å²) in [6, 6.07) is 15.9. The first kappa shape index (κ1) is 21.5. The van der Waals surface area contributed by atoms with Gasteiger partial charge < -0.3 is 9.64 Å². The van der Waals surface area contributed by atoms with Gasteiger partial charge in [-0.15, -0.1) is 0 Å². The first-order chi connectivity index (χ1) is 15.9. The zero-order valence-corrected chi connectivity index (χ0v) is 17.7.